The van der Waals surface area contributed by atoms with Crippen LogP contribution in [0.4, 0.5) is 0 Å². The highest BCUT2D eigenvalue weighted by molar-refractivity contribution is 5.79. The van der Waals surface area contributed by atoms with Gasteiger partial charge in [-0.15, -0.1) is 0 Å². The average Bonchev–Trinajstić information content (AvgIpc) is 2.59. The number of hydrogen-bond acceptors (Lipinski definition) is 3. The molecule has 0 saturated carbocycles. The van der Waals surface area contributed by atoms with E-state index in [9.17, 15) is 0 Å². The maximum absolute atomic E-state index is 4.42. The highest BCUT2D eigenvalue weighted by atomic mass is 15.0. The first-order chi connectivity index (χ1) is 10.8. The highest BCUT2D eigenvalue weighted by Gasteiger charge is 2.04. The van der Waals surface area contributed by atoms with Crippen LogP contribution in [0.3, 0.4) is 0 Å². The zero-order valence-corrected chi connectivity index (χ0v) is 12.6. The second-order valence-electron chi connectivity index (χ2n) is 5.26. The van der Waals surface area contributed by atoms with Crippen molar-refractivity contribution < 1.29 is 0 Å². The summed E-state index contributed by atoms with van der Waals surface area (Å²) < 4.78 is 0. The summed E-state index contributed by atoms with van der Waals surface area (Å²) >= 11 is 0. The predicted octanol–water partition coefficient (Wildman–Crippen LogP) is 3.96. The van der Waals surface area contributed by atoms with Crippen LogP contribution in [-0.4, -0.2) is 17.9 Å². The van der Waals surface area contributed by atoms with Crippen molar-refractivity contribution in [1.82, 2.24) is 10.3 Å². The van der Waals surface area contributed by atoms with Crippen molar-refractivity contribution in [3.05, 3.63) is 78.0 Å². The monoisotopic (exact) mass is 289 g/mol. The lowest BCUT2D eigenvalue weighted by atomic mass is 10.1. The molecule has 0 aliphatic rings. The molecule has 0 bridgehead atoms. The molecule has 3 heteroatoms. The number of nitrogens with one attached hydrogen (secondary N) is 1. The van der Waals surface area contributed by atoms with Gasteiger partial charge in [0.2, 0.25) is 0 Å². The van der Waals surface area contributed by atoms with Gasteiger partial charge >= 0.3 is 0 Å². The maximum atomic E-state index is 4.42. The molecule has 0 radical (unpaired) electrons. The quantitative estimate of drug-likeness (QED) is 0.722. The van der Waals surface area contributed by atoms with Gasteiger partial charge in [-0.3, -0.25) is 15.3 Å². The van der Waals surface area contributed by atoms with Crippen molar-refractivity contribution in [2.24, 2.45) is 4.99 Å². The first kappa shape index (κ1) is 14.4. The molecule has 1 atom stereocenters. The van der Waals surface area contributed by atoms with Crippen LogP contribution in [0.2, 0.25) is 0 Å². The Bertz CT molecular complexity index is 766. The summed E-state index contributed by atoms with van der Waals surface area (Å²) in [7, 11) is 0. The molecule has 0 amide bonds. The summed E-state index contributed by atoms with van der Waals surface area (Å²) in [6.07, 6.45) is 3.71. The molecule has 1 N–H and O–H groups in total. The molecule has 0 spiro atoms. The molecule has 1 aromatic heterocycles. The molecular weight excluding hydrogens is 270 g/mol. The average molecular weight is 289 g/mol. The van der Waals surface area contributed by atoms with Crippen LogP contribution in [0.15, 0.2) is 71.9 Å². The number of aromatic nitrogens is 1. The normalized spacial score (nSPS) is 12.8. The molecule has 1 heterocycles. The summed E-state index contributed by atoms with van der Waals surface area (Å²) in [6, 6.07) is 20.8. The minimum absolute atomic E-state index is 0.248. The Hall–Kier alpha value is -2.52. The van der Waals surface area contributed by atoms with E-state index in [4.69, 9.17) is 0 Å². The third-order valence-electron chi connectivity index (χ3n) is 3.66. The molecule has 22 heavy (non-hydrogen) atoms. The van der Waals surface area contributed by atoms with E-state index in [1.807, 2.05) is 48.8 Å². The van der Waals surface area contributed by atoms with E-state index < -0.39 is 0 Å². The van der Waals surface area contributed by atoms with Crippen molar-refractivity contribution in [3.63, 3.8) is 0 Å². The first-order valence-corrected chi connectivity index (χ1v) is 7.46. The molecular formula is C19H19N3. The largest absolute Gasteiger partial charge is 0.292 e. The van der Waals surface area contributed by atoms with E-state index in [1.165, 1.54) is 10.9 Å². The fourth-order valence-corrected chi connectivity index (χ4v) is 2.36. The van der Waals surface area contributed by atoms with E-state index in [0.717, 1.165) is 11.1 Å². The molecule has 110 valence electrons. The molecule has 0 saturated heterocycles. The van der Waals surface area contributed by atoms with Crippen molar-refractivity contribution in [2.45, 2.75) is 13.0 Å². The van der Waals surface area contributed by atoms with E-state index in [0.29, 0.717) is 6.67 Å². The van der Waals surface area contributed by atoms with Crippen LogP contribution >= 0.6 is 0 Å². The minimum Gasteiger partial charge on any atom is -0.292 e. The smallest absolute Gasteiger partial charge is 0.0889 e. The summed E-state index contributed by atoms with van der Waals surface area (Å²) in [5.74, 6) is 0. The molecule has 1 unspecified atom stereocenters. The van der Waals surface area contributed by atoms with Crippen LogP contribution in [0.25, 0.3) is 10.9 Å². The number of fused-ring (bicyclic) bond motifs is 1. The lowest BCUT2D eigenvalue weighted by Gasteiger charge is -2.13. The van der Waals surface area contributed by atoms with Gasteiger partial charge in [-0.05, 0) is 36.2 Å². The summed E-state index contributed by atoms with van der Waals surface area (Å²) in [6.45, 7) is 2.75. The summed E-state index contributed by atoms with van der Waals surface area (Å²) in [4.78, 5) is 8.77. The van der Waals surface area contributed by atoms with Gasteiger partial charge in [-0.25, -0.2) is 0 Å². The minimum atomic E-state index is 0.248. The SMILES string of the molecule is CC(NCN=Cc1ccccc1)c1ccc2ncccc2c1. The Morgan fingerprint density at radius 3 is 2.82 bits per heavy atom. The van der Waals surface area contributed by atoms with Gasteiger partial charge in [0.1, 0.15) is 0 Å². The zero-order chi connectivity index (χ0) is 15.2. The maximum Gasteiger partial charge on any atom is 0.0889 e. The van der Waals surface area contributed by atoms with Gasteiger partial charge < -0.3 is 0 Å². The Morgan fingerprint density at radius 2 is 1.95 bits per heavy atom. The third-order valence-corrected chi connectivity index (χ3v) is 3.66. The lowest BCUT2D eigenvalue weighted by Crippen LogP contribution is -2.18. The van der Waals surface area contributed by atoms with Crippen molar-refractivity contribution in [3.8, 4) is 0 Å². The Balaban J connectivity index is 1.61. The Morgan fingerprint density at radius 1 is 1.09 bits per heavy atom. The van der Waals surface area contributed by atoms with E-state index in [-0.39, 0.29) is 6.04 Å². The highest BCUT2D eigenvalue weighted by Crippen LogP contribution is 2.18. The molecule has 0 aliphatic carbocycles. The van der Waals surface area contributed by atoms with Crippen LogP contribution in [-0.2, 0) is 0 Å². The topological polar surface area (TPSA) is 37.3 Å². The second kappa shape index (κ2) is 6.96. The van der Waals surface area contributed by atoms with Gasteiger partial charge in [-0.2, -0.15) is 0 Å². The summed E-state index contributed by atoms with van der Waals surface area (Å²) in [5, 5.41) is 4.58. The Kier molecular flexibility index (Phi) is 4.56. The van der Waals surface area contributed by atoms with Crippen LogP contribution in [0.5, 0.6) is 0 Å². The number of rotatable bonds is 5. The second-order valence-corrected chi connectivity index (χ2v) is 5.26. The van der Waals surface area contributed by atoms with E-state index >= 15 is 0 Å². The third kappa shape index (κ3) is 3.57. The van der Waals surface area contributed by atoms with Gasteiger partial charge in [0.15, 0.2) is 0 Å². The molecule has 0 fully saturated rings. The number of nitrogens with zero attached hydrogens (tertiary/aromatic N) is 2. The number of benzene rings is 2. The lowest BCUT2D eigenvalue weighted by molar-refractivity contribution is 0.590. The zero-order valence-electron chi connectivity index (χ0n) is 12.6. The number of aliphatic imine (C=N–C) groups is 1. The van der Waals surface area contributed by atoms with E-state index in [2.05, 4.69) is 46.5 Å². The fraction of sp³-hybridized carbons (Fsp3) is 0.158. The van der Waals surface area contributed by atoms with Gasteiger partial charge in [-0.1, -0.05) is 42.5 Å². The molecule has 3 nitrogen and oxygen atoms in total. The standard InChI is InChI=1S/C19H19N3/c1-15(22-14-20-13-16-6-3-2-4-7-16)17-9-10-19-18(12-17)8-5-11-21-19/h2-13,15,22H,14H2,1H3. The van der Waals surface area contributed by atoms with Gasteiger partial charge in [0, 0.05) is 23.8 Å². The van der Waals surface area contributed by atoms with Crippen LogP contribution in [0.1, 0.15) is 24.1 Å². The number of pyridine rings is 1. The predicted molar refractivity (Wildman–Crippen MR) is 92.2 cm³/mol. The molecule has 2 aromatic carbocycles. The van der Waals surface area contributed by atoms with E-state index in [1.54, 1.807) is 0 Å². The number of hydrogen-bond donors (Lipinski definition) is 1. The molecule has 3 rings (SSSR count). The Labute approximate surface area is 130 Å². The van der Waals surface area contributed by atoms with Crippen LogP contribution < -0.4 is 5.32 Å². The van der Waals surface area contributed by atoms with Crippen molar-refractivity contribution in [2.75, 3.05) is 6.67 Å². The van der Waals surface area contributed by atoms with Crippen molar-refractivity contribution in [1.29, 1.82) is 0 Å². The van der Waals surface area contributed by atoms with Gasteiger partial charge in [0.25, 0.3) is 0 Å². The van der Waals surface area contributed by atoms with Crippen molar-refractivity contribution >= 4 is 17.1 Å². The fourth-order valence-electron chi connectivity index (χ4n) is 2.36. The van der Waals surface area contributed by atoms with Gasteiger partial charge in [0.05, 0.1) is 12.2 Å². The summed E-state index contributed by atoms with van der Waals surface area (Å²) in [5.41, 5.74) is 3.39. The first-order valence-electron chi connectivity index (χ1n) is 7.46. The molecule has 3 aromatic rings. The van der Waals surface area contributed by atoms with Crippen LogP contribution in [0, 0.1) is 0 Å². The molecule has 0 aliphatic heterocycles.